The van der Waals surface area contributed by atoms with E-state index < -0.39 is 50.0 Å². The molecule has 2 aromatic carbocycles. The fraction of sp³-hybridized carbons (Fsp3) is 0.417. The van der Waals surface area contributed by atoms with Gasteiger partial charge in [0.05, 0.1) is 10.9 Å². The average molecular weight is 678 g/mol. The molecule has 2 aliphatic rings. The van der Waals surface area contributed by atoms with E-state index in [1.165, 1.54) is 12.1 Å². The number of benzene rings is 2. The molecule has 0 bridgehead atoms. The molecule has 208 valence electrons. The second kappa shape index (κ2) is 9.54. The van der Waals surface area contributed by atoms with Crippen molar-refractivity contribution in [3.05, 3.63) is 69.4 Å². The first-order valence-electron chi connectivity index (χ1n) is 11.2. The van der Waals surface area contributed by atoms with Gasteiger partial charge in [-0.2, -0.15) is 26.3 Å². The summed E-state index contributed by atoms with van der Waals surface area (Å²) in [4.78, 5) is 1.71. The van der Waals surface area contributed by atoms with Crippen LogP contribution in [0, 0.1) is 3.57 Å². The van der Waals surface area contributed by atoms with E-state index in [-0.39, 0.29) is 36.6 Å². The van der Waals surface area contributed by atoms with E-state index in [4.69, 9.17) is 4.74 Å². The molecule has 2 atom stereocenters. The Bertz CT molecular complexity index is 1330. The maximum Gasteiger partial charge on any atom is 0.435 e. The van der Waals surface area contributed by atoms with Gasteiger partial charge in [0.25, 0.3) is 0 Å². The number of likely N-dealkylation sites (N-methyl/N-ethyl adjacent to an activating group) is 1. The van der Waals surface area contributed by atoms with Gasteiger partial charge in [-0.1, -0.05) is 18.7 Å². The van der Waals surface area contributed by atoms with Crippen LogP contribution in [0.2, 0.25) is 0 Å². The minimum absolute atomic E-state index is 0.0298. The number of halogens is 8. The lowest BCUT2D eigenvalue weighted by Crippen LogP contribution is -2.54. The van der Waals surface area contributed by atoms with Crippen LogP contribution in [0.5, 0.6) is 5.75 Å². The number of hydrogen-bond donors (Lipinski definition) is 1. The molecule has 1 fully saturated rings. The number of likely N-dealkylation sites (tertiary alicyclic amines) is 1. The maximum absolute atomic E-state index is 14.8. The summed E-state index contributed by atoms with van der Waals surface area (Å²) in [6.07, 6.45) is -12.7. The van der Waals surface area contributed by atoms with Gasteiger partial charge in [-0.25, -0.2) is 12.8 Å². The summed E-state index contributed by atoms with van der Waals surface area (Å²) < 4.78 is 128. The predicted molar refractivity (Wildman–Crippen MR) is 133 cm³/mol. The quantitative estimate of drug-likeness (QED) is 0.326. The topological polar surface area (TPSA) is 58.6 Å². The van der Waals surface area contributed by atoms with E-state index >= 15 is 0 Å². The van der Waals surface area contributed by atoms with Gasteiger partial charge in [-0.15, -0.1) is 0 Å². The number of hydrogen-bond acceptors (Lipinski definition) is 5. The summed E-state index contributed by atoms with van der Waals surface area (Å²) in [7, 11) is -2.65. The van der Waals surface area contributed by atoms with E-state index in [0.717, 1.165) is 9.64 Å². The Balaban J connectivity index is 1.93. The van der Waals surface area contributed by atoms with Crippen molar-refractivity contribution in [2.24, 2.45) is 0 Å². The van der Waals surface area contributed by atoms with Crippen LogP contribution >= 0.6 is 22.6 Å². The van der Waals surface area contributed by atoms with E-state index in [1.54, 1.807) is 24.1 Å². The molecule has 5 nitrogen and oxygen atoms in total. The number of fused-ring (bicyclic) bond motifs is 3. The van der Waals surface area contributed by atoms with Crippen LogP contribution in [-0.4, -0.2) is 58.5 Å². The molecule has 0 amide bonds. The van der Waals surface area contributed by atoms with Crippen molar-refractivity contribution >= 4 is 32.4 Å². The third kappa shape index (κ3) is 4.26. The SMILES string of the molecule is C=C(CN1CCC2(S(=O)(=O)c3ccc(I)cc3)c3ccc(C(F)(C(F)(F)F)C(F)(F)F)cc3OCC12)NC. The highest BCUT2D eigenvalue weighted by Crippen LogP contribution is 2.57. The molecule has 1 saturated heterocycles. The molecule has 4 rings (SSSR count). The van der Waals surface area contributed by atoms with Crippen molar-refractivity contribution in [1.29, 1.82) is 0 Å². The first kappa shape index (κ1) is 28.9. The van der Waals surface area contributed by atoms with Crippen molar-refractivity contribution in [2.45, 2.75) is 40.1 Å². The van der Waals surface area contributed by atoms with E-state index in [1.807, 2.05) is 22.6 Å². The first-order chi connectivity index (χ1) is 17.5. The van der Waals surface area contributed by atoms with E-state index in [2.05, 4.69) is 11.9 Å². The minimum atomic E-state index is -6.32. The van der Waals surface area contributed by atoms with Crippen LogP contribution in [0.1, 0.15) is 17.5 Å². The second-order valence-corrected chi connectivity index (χ2v) is 12.6. The van der Waals surface area contributed by atoms with Crippen LogP contribution in [0.3, 0.4) is 0 Å². The van der Waals surface area contributed by atoms with Crippen LogP contribution in [0.25, 0.3) is 0 Å². The van der Waals surface area contributed by atoms with Gasteiger partial charge < -0.3 is 10.1 Å². The fourth-order valence-corrected chi connectivity index (χ4v) is 7.81. The molecule has 0 spiro atoms. The highest BCUT2D eigenvalue weighted by Gasteiger charge is 2.74. The summed E-state index contributed by atoms with van der Waals surface area (Å²) in [5.41, 5.74) is -6.98. The molecule has 0 saturated carbocycles. The molecule has 0 radical (unpaired) electrons. The van der Waals surface area contributed by atoms with Gasteiger partial charge in [0, 0.05) is 40.5 Å². The molecule has 2 aliphatic heterocycles. The summed E-state index contributed by atoms with van der Waals surface area (Å²) in [5, 5.41) is 2.87. The van der Waals surface area contributed by atoms with Crippen LogP contribution in [0.4, 0.5) is 30.7 Å². The lowest BCUT2D eigenvalue weighted by Gasteiger charge is -2.42. The fourth-order valence-electron chi connectivity index (χ4n) is 5.14. The Hall–Kier alpha value is -2.07. The molecule has 38 heavy (non-hydrogen) atoms. The molecule has 2 unspecified atom stereocenters. The molecule has 2 aromatic rings. The highest BCUT2D eigenvalue weighted by atomic mass is 127. The number of ether oxygens (including phenoxy) is 1. The summed E-state index contributed by atoms with van der Waals surface area (Å²) in [6.45, 7) is 3.93. The van der Waals surface area contributed by atoms with Gasteiger partial charge in [-0.05, 0) is 59.3 Å². The highest BCUT2D eigenvalue weighted by molar-refractivity contribution is 14.1. The standard InChI is InChI=1S/C24H22F7IN2O3S/c1-14(33-2)12-34-10-9-21(38(35,36)17-6-4-16(32)5-7-17)18-8-3-15(11-19(18)37-13-20(21)34)22(25,23(26,27)28)24(29,30)31/h3-8,11,20,33H,1,9-10,12-13H2,2H3. The Kier molecular flexibility index (Phi) is 7.26. The Morgan fingerprint density at radius 2 is 1.71 bits per heavy atom. The smallest absolute Gasteiger partial charge is 0.435 e. The average Bonchev–Trinajstić information content (AvgIpc) is 3.22. The third-order valence-electron chi connectivity index (χ3n) is 7.11. The lowest BCUT2D eigenvalue weighted by atomic mass is 9.85. The van der Waals surface area contributed by atoms with Gasteiger partial charge in [0.1, 0.15) is 17.1 Å². The summed E-state index contributed by atoms with van der Waals surface area (Å²) in [6, 6.07) is 6.53. The van der Waals surface area contributed by atoms with Crippen molar-refractivity contribution in [3.63, 3.8) is 0 Å². The van der Waals surface area contributed by atoms with Gasteiger partial charge >= 0.3 is 18.0 Å². The number of rotatable bonds is 6. The second-order valence-electron chi connectivity index (χ2n) is 9.11. The molecule has 0 aromatic heterocycles. The number of nitrogens with one attached hydrogen (secondary N) is 1. The zero-order valence-corrected chi connectivity index (χ0v) is 22.7. The van der Waals surface area contributed by atoms with Crippen LogP contribution < -0.4 is 10.1 Å². The van der Waals surface area contributed by atoms with Gasteiger partial charge in [-0.3, -0.25) is 4.90 Å². The lowest BCUT2D eigenvalue weighted by molar-refractivity contribution is -0.348. The van der Waals surface area contributed by atoms with Crippen molar-refractivity contribution in [2.75, 3.05) is 26.7 Å². The zero-order valence-electron chi connectivity index (χ0n) is 19.8. The summed E-state index contributed by atoms with van der Waals surface area (Å²) in [5.74, 6) is -0.544. The molecule has 1 N–H and O–H groups in total. The van der Waals surface area contributed by atoms with E-state index in [9.17, 15) is 39.2 Å². The molecule has 0 aliphatic carbocycles. The number of sulfone groups is 1. The van der Waals surface area contributed by atoms with Gasteiger partial charge in [0.15, 0.2) is 9.84 Å². The molecule has 2 heterocycles. The van der Waals surface area contributed by atoms with Crippen molar-refractivity contribution in [1.82, 2.24) is 10.2 Å². The number of nitrogens with zero attached hydrogens (tertiary/aromatic N) is 1. The largest absolute Gasteiger partial charge is 0.492 e. The first-order valence-corrected chi connectivity index (χ1v) is 13.8. The summed E-state index contributed by atoms with van der Waals surface area (Å²) >= 11 is 1.99. The van der Waals surface area contributed by atoms with E-state index in [0.29, 0.717) is 17.8 Å². The van der Waals surface area contributed by atoms with Crippen LogP contribution in [-0.2, 0) is 20.3 Å². The minimum Gasteiger partial charge on any atom is -0.492 e. The van der Waals surface area contributed by atoms with Crippen molar-refractivity contribution in [3.8, 4) is 5.75 Å². The molecular weight excluding hydrogens is 656 g/mol. The van der Waals surface area contributed by atoms with Crippen LogP contribution in [0.15, 0.2) is 59.6 Å². The monoisotopic (exact) mass is 678 g/mol. The Morgan fingerprint density at radius 1 is 1.11 bits per heavy atom. The molecule has 14 heteroatoms. The van der Waals surface area contributed by atoms with Gasteiger partial charge in [0.2, 0.25) is 0 Å². The maximum atomic E-state index is 14.8. The predicted octanol–water partition coefficient (Wildman–Crippen LogP) is 5.45. The Labute approximate surface area is 228 Å². The van der Waals surface area contributed by atoms with Crippen molar-refractivity contribution < 1.29 is 43.9 Å². The Morgan fingerprint density at radius 3 is 2.26 bits per heavy atom. The zero-order chi connectivity index (χ0) is 28.3. The third-order valence-corrected chi connectivity index (χ3v) is 10.4. The normalized spacial score (nSPS) is 22.4. The number of alkyl halides is 7. The molecular formula is C24H22F7IN2O3S.